The molecule has 0 saturated carbocycles. The molecule has 1 aromatic rings. The van der Waals surface area contributed by atoms with Crippen molar-refractivity contribution in [2.45, 2.75) is 13.3 Å². The van der Waals surface area contributed by atoms with Crippen LogP contribution in [0.4, 0.5) is 0 Å². The molecular formula is C13H16ClNO2. The first-order chi connectivity index (χ1) is 8.19. The third-order valence-corrected chi connectivity index (χ3v) is 2.47. The van der Waals surface area contributed by atoms with E-state index < -0.39 is 0 Å². The Balaban J connectivity index is 2.70. The Morgan fingerprint density at radius 2 is 2.29 bits per heavy atom. The van der Waals surface area contributed by atoms with Crippen LogP contribution in [-0.4, -0.2) is 19.6 Å². The quantitative estimate of drug-likeness (QED) is 0.647. The van der Waals surface area contributed by atoms with E-state index in [4.69, 9.17) is 16.3 Å². The summed E-state index contributed by atoms with van der Waals surface area (Å²) in [6.45, 7) is 2.54. The lowest BCUT2D eigenvalue weighted by atomic mass is 10.2. The van der Waals surface area contributed by atoms with Gasteiger partial charge in [-0.15, -0.1) is 0 Å². The van der Waals surface area contributed by atoms with Gasteiger partial charge in [0.05, 0.1) is 12.7 Å². The minimum absolute atomic E-state index is 0.172. The maximum Gasteiger partial charge on any atom is 0.255 e. The van der Waals surface area contributed by atoms with E-state index >= 15 is 0 Å². The zero-order valence-electron chi connectivity index (χ0n) is 10.00. The zero-order chi connectivity index (χ0) is 12.7. The van der Waals surface area contributed by atoms with Crippen molar-refractivity contribution in [2.24, 2.45) is 0 Å². The number of halogens is 1. The molecule has 0 atom stereocenters. The number of amides is 1. The van der Waals surface area contributed by atoms with E-state index in [1.165, 1.54) is 7.11 Å². The van der Waals surface area contributed by atoms with Crippen LogP contribution in [0.3, 0.4) is 0 Å². The number of carbonyl (C=O) groups excluding carboxylic acids is 1. The lowest BCUT2D eigenvalue weighted by Gasteiger charge is -2.08. The van der Waals surface area contributed by atoms with Gasteiger partial charge in [-0.3, -0.25) is 4.79 Å². The number of methoxy groups -OCH3 is 1. The van der Waals surface area contributed by atoms with Crippen molar-refractivity contribution in [3.05, 3.63) is 40.9 Å². The first-order valence-corrected chi connectivity index (χ1v) is 5.79. The monoisotopic (exact) mass is 253 g/mol. The summed E-state index contributed by atoms with van der Waals surface area (Å²) in [5, 5.41) is 3.32. The summed E-state index contributed by atoms with van der Waals surface area (Å²) in [6.07, 6.45) is 4.76. The molecule has 0 radical (unpaired) electrons. The average Bonchev–Trinajstić information content (AvgIpc) is 2.34. The van der Waals surface area contributed by atoms with Crippen LogP contribution in [0.1, 0.15) is 23.7 Å². The minimum atomic E-state index is -0.172. The van der Waals surface area contributed by atoms with Crippen LogP contribution in [-0.2, 0) is 0 Å². The van der Waals surface area contributed by atoms with E-state index in [9.17, 15) is 4.79 Å². The summed E-state index contributed by atoms with van der Waals surface area (Å²) in [4.78, 5) is 11.9. The fourth-order valence-corrected chi connectivity index (χ4v) is 1.56. The van der Waals surface area contributed by atoms with Crippen LogP contribution < -0.4 is 10.1 Å². The van der Waals surface area contributed by atoms with Gasteiger partial charge >= 0.3 is 0 Å². The third-order valence-electron chi connectivity index (χ3n) is 2.24. The number of carbonyl (C=O) groups is 1. The molecule has 1 rings (SSSR count). The van der Waals surface area contributed by atoms with Gasteiger partial charge in [-0.2, -0.15) is 0 Å². The molecule has 3 nitrogen and oxygen atoms in total. The molecule has 0 aromatic heterocycles. The summed E-state index contributed by atoms with van der Waals surface area (Å²) in [5.74, 6) is 0.354. The Hall–Kier alpha value is -1.48. The minimum Gasteiger partial charge on any atom is -0.496 e. The summed E-state index contributed by atoms with van der Waals surface area (Å²) < 4.78 is 5.12. The predicted octanol–water partition coefficient (Wildman–Crippen LogP) is 3.04. The number of hydrogen-bond acceptors (Lipinski definition) is 2. The highest BCUT2D eigenvalue weighted by molar-refractivity contribution is 6.31. The van der Waals surface area contributed by atoms with Gasteiger partial charge in [-0.25, -0.2) is 0 Å². The van der Waals surface area contributed by atoms with Crippen molar-refractivity contribution in [3.8, 4) is 5.75 Å². The van der Waals surface area contributed by atoms with Gasteiger partial charge in [-0.1, -0.05) is 23.8 Å². The molecular weight excluding hydrogens is 238 g/mol. The van der Waals surface area contributed by atoms with Gasteiger partial charge in [0.15, 0.2) is 0 Å². The molecule has 1 N–H and O–H groups in total. The van der Waals surface area contributed by atoms with Crippen LogP contribution in [0, 0.1) is 0 Å². The number of nitrogens with one attached hydrogen (secondary N) is 1. The van der Waals surface area contributed by atoms with Crippen molar-refractivity contribution in [1.29, 1.82) is 0 Å². The van der Waals surface area contributed by atoms with Crippen molar-refractivity contribution in [1.82, 2.24) is 5.32 Å². The number of benzene rings is 1. The van der Waals surface area contributed by atoms with Gasteiger partial charge in [0.1, 0.15) is 5.75 Å². The molecule has 1 aromatic carbocycles. The van der Waals surface area contributed by atoms with Gasteiger partial charge in [0.2, 0.25) is 0 Å². The molecule has 0 aliphatic rings. The van der Waals surface area contributed by atoms with E-state index in [1.54, 1.807) is 18.2 Å². The van der Waals surface area contributed by atoms with Crippen LogP contribution >= 0.6 is 11.6 Å². The maximum absolute atomic E-state index is 11.9. The highest BCUT2D eigenvalue weighted by Gasteiger charge is 2.11. The largest absolute Gasteiger partial charge is 0.496 e. The van der Waals surface area contributed by atoms with Crippen LogP contribution in [0.25, 0.3) is 0 Å². The average molecular weight is 254 g/mol. The molecule has 17 heavy (non-hydrogen) atoms. The Morgan fingerprint density at radius 3 is 2.94 bits per heavy atom. The van der Waals surface area contributed by atoms with Gasteiger partial charge in [-0.05, 0) is 31.5 Å². The first-order valence-electron chi connectivity index (χ1n) is 5.42. The normalized spacial score (nSPS) is 10.5. The van der Waals surface area contributed by atoms with E-state index in [1.807, 2.05) is 19.1 Å². The van der Waals surface area contributed by atoms with Crippen LogP contribution in [0.5, 0.6) is 5.75 Å². The standard InChI is InChI=1S/C13H16ClNO2/c1-3-4-5-8-15-13(16)11-9-10(14)6-7-12(11)17-2/h3-4,6-7,9H,5,8H2,1-2H3,(H,15,16)/b4-3+. The topological polar surface area (TPSA) is 38.3 Å². The summed E-state index contributed by atoms with van der Waals surface area (Å²) in [7, 11) is 1.53. The molecule has 4 heteroatoms. The van der Waals surface area contributed by atoms with Crippen molar-refractivity contribution in [3.63, 3.8) is 0 Å². The van der Waals surface area contributed by atoms with E-state index in [0.717, 1.165) is 6.42 Å². The van der Waals surface area contributed by atoms with Crippen molar-refractivity contribution < 1.29 is 9.53 Å². The molecule has 0 saturated heterocycles. The zero-order valence-corrected chi connectivity index (χ0v) is 10.8. The van der Waals surface area contributed by atoms with Gasteiger partial charge < -0.3 is 10.1 Å². The lowest BCUT2D eigenvalue weighted by molar-refractivity contribution is 0.0951. The molecule has 0 aliphatic carbocycles. The molecule has 0 aliphatic heterocycles. The highest BCUT2D eigenvalue weighted by atomic mass is 35.5. The molecule has 0 heterocycles. The SMILES string of the molecule is C/C=C/CCNC(=O)c1cc(Cl)ccc1OC. The number of allylic oxidation sites excluding steroid dienone is 1. The molecule has 0 fully saturated rings. The Morgan fingerprint density at radius 1 is 1.53 bits per heavy atom. The smallest absolute Gasteiger partial charge is 0.255 e. The third kappa shape index (κ3) is 4.11. The van der Waals surface area contributed by atoms with Crippen molar-refractivity contribution >= 4 is 17.5 Å². The van der Waals surface area contributed by atoms with Gasteiger partial charge in [0.25, 0.3) is 5.91 Å². The molecule has 0 spiro atoms. The van der Waals surface area contributed by atoms with Gasteiger partial charge in [0, 0.05) is 11.6 Å². The van der Waals surface area contributed by atoms with E-state index in [-0.39, 0.29) is 5.91 Å². The molecule has 0 unspecified atom stereocenters. The number of ether oxygens (including phenoxy) is 1. The number of rotatable bonds is 5. The second kappa shape index (κ2) is 6.97. The highest BCUT2D eigenvalue weighted by Crippen LogP contribution is 2.22. The van der Waals surface area contributed by atoms with Crippen LogP contribution in [0.15, 0.2) is 30.4 Å². The Kier molecular flexibility index (Phi) is 5.57. The summed E-state index contributed by atoms with van der Waals surface area (Å²) >= 11 is 5.85. The van der Waals surface area contributed by atoms with Crippen molar-refractivity contribution in [2.75, 3.05) is 13.7 Å². The second-order valence-electron chi connectivity index (χ2n) is 3.46. The molecule has 92 valence electrons. The second-order valence-corrected chi connectivity index (χ2v) is 3.89. The maximum atomic E-state index is 11.9. The summed E-state index contributed by atoms with van der Waals surface area (Å²) in [5.41, 5.74) is 0.459. The van der Waals surface area contributed by atoms with E-state index in [2.05, 4.69) is 5.32 Å². The Bertz CT molecular complexity index is 416. The first kappa shape index (κ1) is 13.6. The Labute approximate surface area is 106 Å². The summed E-state index contributed by atoms with van der Waals surface area (Å²) in [6, 6.07) is 4.98. The molecule has 0 bridgehead atoms. The fourth-order valence-electron chi connectivity index (χ4n) is 1.39. The van der Waals surface area contributed by atoms with Crippen LogP contribution in [0.2, 0.25) is 5.02 Å². The van der Waals surface area contributed by atoms with E-state index in [0.29, 0.717) is 22.9 Å². The number of hydrogen-bond donors (Lipinski definition) is 1. The molecule has 1 amide bonds. The lowest BCUT2D eigenvalue weighted by Crippen LogP contribution is -2.24. The predicted molar refractivity (Wildman–Crippen MR) is 69.8 cm³/mol. The fraction of sp³-hybridized carbons (Fsp3) is 0.308.